The summed E-state index contributed by atoms with van der Waals surface area (Å²) >= 11 is 0. The van der Waals surface area contributed by atoms with Gasteiger partial charge in [0.15, 0.2) is 0 Å². The van der Waals surface area contributed by atoms with Gasteiger partial charge in [-0.15, -0.1) is 40.6 Å². The molecule has 2 aliphatic rings. The maximum absolute atomic E-state index is 3.61. The quantitative estimate of drug-likeness (QED) is 0.208. The number of halogens is 2. The van der Waals surface area contributed by atoms with Crippen LogP contribution in [0.4, 0.5) is 0 Å². The molecule has 0 bridgehead atoms. The van der Waals surface area contributed by atoms with Crippen LogP contribution >= 0.6 is 0 Å². The molecule has 182 valence electrons. The molecule has 0 fully saturated rings. The first kappa shape index (κ1) is 30.6. The van der Waals surface area contributed by atoms with E-state index in [2.05, 4.69) is 114 Å². The Hall–Kier alpha value is -1.66. The van der Waals surface area contributed by atoms with E-state index < -0.39 is 0 Å². The predicted octanol–water partition coefficient (Wildman–Crippen LogP) is 3.23. The molecule has 2 aliphatic carbocycles. The zero-order valence-corrected chi connectivity index (χ0v) is 25.6. The summed E-state index contributed by atoms with van der Waals surface area (Å²) in [6.45, 7) is 14.2. The van der Waals surface area contributed by atoms with Gasteiger partial charge in [-0.25, -0.2) is 0 Å². The van der Waals surface area contributed by atoms with Crippen LogP contribution in [0.3, 0.4) is 0 Å². The van der Waals surface area contributed by atoms with Gasteiger partial charge < -0.3 is 31.7 Å². The van der Waals surface area contributed by atoms with Crippen molar-refractivity contribution in [2.45, 2.75) is 47.0 Å². The molecule has 6 rings (SSSR count). The van der Waals surface area contributed by atoms with Crippen LogP contribution in [0.25, 0.3) is 32.7 Å². The van der Waals surface area contributed by atoms with Gasteiger partial charge in [-0.1, -0.05) is 81.0 Å². The van der Waals surface area contributed by atoms with Crippen molar-refractivity contribution in [2.24, 2.45) is 5.41 Å². The molecule has 0 aliphatic heterocycles. The van der Waals surface area contributed by atoms with Crippen molar-refractivity contribution in [3.05, 3.63) is 114 Å². The summed E-state index contributed by atoms with van der Waals surface area (Å²) < 4.78 is 0. The molecular formula is C33H32Cl2Zr. The van der Waals surface area contributed by atoms with Crippen molar-refractivity contribution < 1.29 is 51.0 Å². The van der Waals surface area contributed by atoms with Gasteiger partial charge in [0, 0.05) is 5.92 Å². The molecule has 36 heavy (non-hydrogen) atoms. The van der Waals surface area contributed by atoms with E-state index in [-0.39, 0.29) is 56.4 Å². The molecule has 1 atom stereocenters. The molecule has 0 aromatic heterocycles. The van der Waals surface area contributed by atoms with Crippen molar-refractivity contribution in [1.29, 1.82) is 0 Å². The van der Waals surface area contributed by atoms with Crippen LogP contribution in [0, 0.1) is 18.4 Å². The zero-order chi connectivity index (χ0) is 23.3. The second-order valence-corrected chi connectivity index (χ2v) is 10.2. The number of hydrogen-bond acceptors (Lipinski definition) is 0. The van der Waals surface area contributed by atoms with Crippen LogP contribution in [0.2, 0.25) is 0 Å². The van der Waals surface area contributed by atoms with E-state index in [1.54, 1.807) is 6.92 Å². The minimum Gasteiger partial charge on any atom is -1.00 e. The van der Waals surface area contributed by atoms with Crippen molar-refractivity contribution in [1.82, 2.24) is 0 Å². The first-order chi connectivity index (χ1) is 15.9. The monoisotopic (exact) mass is 588 g/mol. The van der Waals surface area contributed by atoms with Gasteiger partial charge >= 0.3 is 26.2 Å². The fourth-order valence-electron chi connectivity index (χ4n) is 5.61. The summed E-state index contributed by atoms with van der Waals surface area (Å²) in [5.74, 6) is 0.330. The molecule has 4 aromatic carbocycles. The van der Waals surface area contributed by atoms with E-state index in [4.69, 9.17) is 0 Å². The fraction of sp³-hybridized carbons (Fsp3) is 0.242. The molecule has 0 spiro atoms. The van der Waals surface area contributed by atoms with Crippen LogP contribution in [0.15, 0.2) is 84.0 Å². The second kappa shape index (κ2) is 11.8. The average Bonchev–Trinajstić information content (AvgIpc) is 3.41. The Bertz CT molecular complexity index is 1450. The van der Waals surface area contributed by atoms with Gasteiger partial charge in [0.1, 0.15) is 0 Å². The Morgan fingerprint density at radius 3 is 2.28 bits per heavy atom. The number of allylic oxidation sites excluding steroid dienone is 4. The van der Waals surface area contributed by atoms with E-state index in [0.29, 0.717) is 5.92 Å². The molecule has 0 saturated carbocycles. The zero-order valence-electron chi connectivity index (χ0n) is 21.7. The maximum atomic E-state index is 3.61. The molecule has 0 saturated heterocycles. The van der Waals surface area contributed by atoms with E-state index in [1.807, 2.05) is 0 Å². The normalized spacial score (nSPS) is 15.3. The summed E-state index contributed by atoms with van der Waals surface area (Å²) in [5.41, 5.74) is 10.1. The van der Waals surface area contributed by atoms with Crippen LogP contribution in [0.1, 0.15) is 57.2 Å². The topological polar surface area (TPSA) is 0 Å². The predicted molar refractivity (Wildman–Crippen MR) is 144 cm³/mol. The fourth-order valence-corrected chi connectivity index (χ4v) is 5.61. The van der Waals surface area contributed by atoms with Gasteiger partial charge in [-0.3, -0.25) is 0 Å². The summed E-state index contributed by atoms with van der Waals surface area (Å²) in [6, 6.07) is 25.9. The standard InChI is InChI=1S/C31H27.C2H5.2ClH.Zr/c1-19-16-21(31(2,3)4)18-27(19)25-14-9-15-26-29-22-11-6-5-10-20(22)17-28(29)23-12-7-8-13-24(23)30(25)26;1-2;;;/h5-11,13-16,18,27H,17H2,1-4H3;1H2,2H3;2*1H;/q2*-1;;;+4/p-2. The van der Waals surface area contributed by atoms with Crippen molar-refractivity contribution in [2.75, 3.05) is 0 Å². The Morgan fingerprint density at radius 1 is 0.889 bits per heavy atom. The summed E-state index contributed by atoms with van der Waals surface area (Å²) in [6.07, 6.45) is 5.89. The van der Waals surface area contributed by atoms with Crippen LogP contribution in [-0.2, 0) is 32.6 Å². The van der Waals surface area contributed by atoms with Gasteiger partial charge in [-0.2, -0.15) is 6.92 Å². The van der Waals surface area contributed by atoms with Crippen molar-refractivity contribution in [3.63, 3.8) is 0 Å². The van der Waals surface area contributed by atoms with Gasteiger partial charge in [-0.05, 0) is 57.4 Å². The van der Waals surface area contributed by atoms with E-state index in [1.165, 1.54) is 60.5 Å². The number of benzene rings is 4. The molecule has 3 heteroatoms. The molecule has 1 unspecified atom stereocenters. The Balaban J connectivity index is 0.000000892. The SMILES string of the molecule is CC1=CC(C(C)(C)C)=CC1c1cccc2c3c(c4[c-]cccc4c12)Cc1ccccc1-3.[CH2-]C.[Cl-].[Cl-].[Zr+4]. The Morgan fingerprint density at radius 2 is 1.58 bits per heavy atom. The summed E-state index contributed by atoms with van der Waals surface area (Å²) in [4.78, 5) is 0. The van der Waals surface area contributed by atoms with E-state index in [0.717, 1.165) is 6.42 Å². The molecule has 0 N–H and O–H groups in total. The third-order valence-corrected chi connectivity index (χ3v) is 7.17. The third-order valence-electron chi connectivity index (χ3n) is 7.17. The van der Waals surface area contributed by atoms with Crippen LogP contribution in [-0.4, -0.2) is 0 Å². The molecule has 0 nitrogen and oxygen atoms in total. The molecule has 0 radical (unpaired) electrons. The molecule has 4 aromatic rings. The Labute approximate surface area is 248 Å². The first-order valence-corrected chi connectivity index (χ1v) is 12.0. The van der Waals surface area contributed by atoms with Crippen LogP contribution < -0.4 is 24.8 Å². The molecule has 0 amide bonds. The first-order valence-electron chi connectivity index (χ1n) is 12.0. The largest absolute Gasteiger partial charge is 4.00 e. The van der Waals surface area contributed by atoms with Gasteiger partial charge in [0.25, 0.3) is 0 Å². The molecular weight excluding hydrogens is 558 g/mol. The number of rotatable bonds is 1. The maximum Gasteiger partial charge on any atom is 4.00 e. The number of hydrogen-bond donors (Lipinski definition) is 0. The van der Waals surface area contributed by atoms with E-state index in [9.17, 15) is 0 Å². The average molecular weight is 591 g/mol. The van der Waals surface area contributed by atoms with Gasteiger partial charge in [0.05, 0.1) is 0 Å². The third kappa shape index (κ3) is 4.92. The van der Waals surface area contributed by atoms with Crippen molar-refractivity contribution >= 4 is 21.5 Å². The number of fused-ring (bicyclic) bond motifs is 8. The minimum atomic E-state index is 0. The molecule has 0 heterocycles. The second-order valence-electron chi connectivity index (χ2n) is 10.2. The van der Waals surface area contributed by atoms with E-state index >= 15 is 0 Å². The van der Waals surface area contributed by atoms with Gasteiger partial charge in [0.2, 0.25) is 0 Å². The summed E-state index contributed by atoms with van der Waals surface area (Å²) in [7, 11) is 0. The smallest absolute Gasteiger partial charge is 1.00 e. The minimum absolute atomic E-state index is 0. The Kier molecular flexibility index (Phi) is 10.0. The summed E-state index contributed by atoms with van der Waals surface area (Å²) in [5, 5.41) is 5.40. The van der Waals surface area contributed by atoms with Crippen LogP contribution in [0.5, 0.6) is 0 Å². The van der Waals surface area contributed by atoms with Crippen molar-refractivity contribution in [3.8, 4) is 11.1 Å².